The largest absolute Gasteiger partial charge is 0.506 e. The fourth-order valence-corrected chi connectivity index (χ4v) is 2.24. The Morgan fingerprint density at radius 2 is 1.80 bits per heavy atom. The van der Waals surface area contributed by atoms with Crippen molar-refractivity contribution >= 4 is 22.6 Å². The second-order valence-electron chi connectivity index (χ2n) is 5.02. The molecule has 2 aromatic carbocycles. The van der Waals surface area contributed by atoms with Crippen LogP contribution in [0.1, 0.15) is 23.2 Å². The van der Waals surface area contributed by atoms with Gasteiger partial charge in [-0.15, -0.1) is 0 Å². The molecule has 20 heavy (non-hydrogen) atoms. The Morgan fingerprint density at radius 3 is 2.45 bits per heavy atom. The standard InChI is InChI=1S/C15H13NO4/c17-12-10-4-2-1-3-9(10)5-6-11(12)13(18)16-15(7-8-15)14(19)20/h1-6,17H,7-8H2,(H,16,18)(H,19,20). The lowest BCUT2D eigenvalue weighted by molar-refractivity contribution is -0.140. The van der Waals surface area contributed by atoms with E-state index < -0.39 is 17.4 Å². The van der Waals surface area contributed by atoms with Crippen LogP contribution in [0.3, 0.4) is 0 Å². The van der Waals surface area contributed by atoms with E-state index in [0.29, 0.717) is 18.2 Å². The number of aromatic hydroxyl groups is 1. The summed E-state index contributed by atoms with van der Waals surface area (Å²) in [6.07, 6.45) is 0.838. The Hall–Kier alpha value is -2.56. The number of aliphatic carboxylic acids is 1. The third-order valence-corrected chi connectivity index (χ3v) is 3.66. The van der Waals surface area contributed by atoms with E-state index in [1.807, 2.05) is 12.1 Å². The number of carboxylic acids is 1. The van der Waals surface area contributed by atoms with Crippen LogP contribution in [0.2, 0.25) is 0 Å². The van der Waals surface area contributed by atoms with Crippen LogP contribution in [0.4, 0.5) is 0 Å². The summed E-state index contributed by atoms with van der Waals surface area (Å²) in [5.41, 5.74) is -1.06. The number of benzene rings is 2. The Kier molecular flexibility index (Phi) is 2.64. The molecule has 1 saturated carbocycles. The lowest BCUT2D eigenvalue weighted by Crippen LogP contribution is -2.43. The molecule has 5 nitrogen and oxygen atoms in total. The monoisotopic (exact) mass is 271 g/mol. The Bertz CT molecular complexity index is 719. The van der Waals surface area contributed by atoms with Gasteiger partial charge in [0, 0.05) is 5.39 Å². The number of fused-ring (bicyclic) bond motifs is 1. The number of nitrogens with one attached hydrogen (secondary N) is 1. The highest BCUT2D eigenvalue weighted by atomic mass is 16.4. The first-order chi connectivity index (χ1) is 9.53. The van der Waals surface area contributed by atoms with Gasteiger partial charge in [0.15, 0.2) is 0 Å². The molecular formula is C15H13NO4. The number of amides is 1. The molecule has 3 N–H and O–H groups in total. The number of carbonyl (C=O) groups excluding carboxylic acids is 1. The molecule has 0 aliphatic heterocycles. The van der Waals surface area contributed by atoms with Gasteiger partial charge in [0.25, 0.3) is 5.91 Å². The number of hydrogen-bond donors (Lipinski definition) is 3. The van der Waals surface area contributed by atoms with Gasteiger partial charge in [-0.05, 0) is 24.3 Å². The summed E-state index contributed by atoms with van der Waals surface area (Å²) >= 11 is 0. The van der Waals surface area contributed by atoms with E-state index in [4.69, 9.17) is 5.11 Å². The summed E-state index contributed by atoms with van der Waals surface area (Å²) in [6.45, 7) is 0. The smallest absolute Gasteiger partial charge is 0.329 e. The maximum absolute atomic E-state index is 12.1. The minimum atomic E-state index is -1.16. The van der Waals surface area contributed by atoms with Gasteiger partial charge in [-0.1, -0.05) is 30.3 Å². The second kappa shape index (κ2) is 4.23. The molecule has 1 amide bonds. The van der Waals surface area contributed by atoms with Gasteiger partial charge in [-0.25, -0.2) is 4.79 Å². The van der Waals surface area contributed by atoms with E-state index in [1.54, 1.807) is 18.2 Å². The van der Waals surface area contributed by atoms with E-state index in [-0.39, 0.29) is 11.3 Å². The van der Waals surface area contributed by atoms with E-state index in [9.17, 15) is 14.7 Å². The number of phenols is 1. The molecule has 1 aliphatic rings. The van der Waals surface area contributed by atoms with Gasteiger partial charge in [0.1, 0.15) is 11.3 Å². The van der Waals surface area contributed by atoms with Crippen molar-refractivity contribution in [3.63, 3.8) is 0 Å². The molecule has 0 aromatic heterocycles. The van der Waals surface area contributed by atoms with Gasteiger partial charge in [-0.3, -0.25) is 4.79 Å². The number of hydrogen-bond acceptors (Lipinski definition) is 3. The summed E-state index contributed by atoms with van der Waals surface area (Å²) in [5, 5.41) is 23.1. The number of carbonyl (C=O) groups is 2. The zero-order chi connectivity index (χ0) is 14.3. The predicted octanol–water partition coefficient (Wildman–Crippen LogP) is 1.89. The van der Waals surface area contributed by atoms with Crippen LogP contribution in [-0.4, -0.2) is 27.6 Å². The molecular weight excluding hydrogens is 258 g/mol. The van der Waals surface area contributed by atoms with Crippen molar-refractivity contribution in [2.24, 2.45) is 0 Å². The maximum Gasteiger partial charge on any atom is 0.329 e. The summed E-state index contributed by atoms with van der Waals surface area (Å²) in [6, 6.07) is 10.4. The third kappa shape index (κ3) is 1.87. The third-order valence-electron chi connectivity index (χ3n) is 3.66. The summed E-state index contributed by atoms with van der Waals surface area (Å²) < 4.78 is 0. The van der Waals surface area contributed by atoms with Crippen LogP contribution in [0, 0.1) is 0 Å². The average molecular weight is 271 g/mol. The quantitative estimate of drug-likeness (QED) is 0.795. The lowest BCUT2D eigenvalue weighted by Gasteiger charge is -2.14. The zero-order valence-corrected chi connectivity index (χ0v) is 10.6. The molecule has 0 bridgehead atoms. The zero-order valence-electron chi connectivity index (χ0n) is 10.6. The van der Waals surface area contributed by atoms with Gasteiger partial charge < -0.3 is 15.5 Å². The highest BCUT2D eigenvalue weighted by Gasteiger charge is 2.51. The first-order valence-corrected chi connectivity index (χ1v) is 6.30. The fourth-order valence-electron chi connectivity index (χ4n) is 2.24. The van der Waals surface area contributed by atoms with Crippen molar-refractivity contribution in [1.29, 1.82) is 0 Å². The van der Waals surface area contributed by atoms with Crippen molar-refractivity contribution in [2.45, 2.75) is 18.4 Å². The highest BCUT2D eigenvalue weighted by molar-refractivity contribution is 6.05. The minimum Gasteiger partial charge on any atom is -0.506 e. The molecule has 0 saturated heterocycles. The molecule has 0 radical (unpaired) electrons. The van der Waals surface area contributed by atoms with Crippen LogP contribution in [0.25, 0.3) is 10.8 Å². The van der Waals surface area contributed by atoms with E-state index >= 15 is 0 Å². The molecule has 0 unspecified atom stereocenters. The summed E-state index contributed by atoms with van der Waals surface area (Å²) in [5.74, 6) is -1.72. The molecule has 0 atom stereocenters. The van der Waals surface area contributed by atoms with Gasteiger partial charge in [0.05, 0.1) is 5.56 Å². The first-order valence-electron chi connectivity index (χ1n) is 6.30. The minimum absolute atomic E-state index is 0.0937. The van der Waals surface area contributed by atoms with Crippen molar-refractivity contribution in [1.82, 2.24) is 5.32 Å². The van der Waals surface area contributed by atoms with Gasteiger partial charge in [0.2, 0.25) is 0 Å². The molecule has 3 rings (SSSR count). The van der Waals surface area contributed by atoms with E-state index in [1.165, 1.54) is 6.07 Å². The fraction of sp³-hybridized carbons (Fsp3) is 0.200. The molecule has 0 spiro atoms. The van der Waals surface area contributed by atoms with Gasteiger partial charge in [-0.2, -0.15) is 0 Å². The first kappa shape index (κ1) is 12.5. The number of phenolic OH excluding ortho intramolecular Hbond substituents is 1. The summed E-state index contributed by atoms with van der Waals surface area (Å²) in [7, 11) is 0. The van der Waals surface area contributed by atoms with Crippen LogP contribution in [0.5, 0.6) is 5.75 Å². The van der Waals surface area contributed by atoms with E-state index in [2.05, 4.69) is 5.32 Å². The van der Waals surface area contributed by atoms with Crippen molar-refractivity contribution in [3.05, 3.63) is 42.0 Å². The topological polar surface area (TPSA) is 86.6 Å². The SMILES string of the molecule is O=C(NC1(C(=O)O)CC1)c1ccc2ccccc2c1O. The highest BCUT2D eigenvalue weighted by Crippen LogP contribution is 2.37. The average Bonchev–Trinajstić information content (AvgIpc) is 3.20. The summed E-state index contributed by atoms with van der Waals surface area (Å²) in [4.78, 5) is 23.2. The number of carboxylic acid groups (broad SMARTS) is 1. The molecule has 2 aromatic rings. The van der Waals surface area contributed by atoms with Crippen LogP contribution < -0.4 is 5.32 Å². The van der Waals surface area contributed by atoms with Crippen LogP contribution in [0.15, 0.2) is 36.4 Å². The Morgan fingerprint density at radius 1 is 1.10 bits per heavy atom. The normalized spacial score (nSPS) is 15.8. The molecule has 5 heteroatoms. The van der Waals surface area contributed by atoms with Gasteiger partial charge >= 0.3 is 5.97 Å². The van der Waals surface area contributed by atoms with Crippen molar-refractivity contribution < 1.29 is 19.8 Å². The second-order valence-corrected chi connectivity index (χ2v) is 5.02. The Labute approximate surface area is 114 Å². The molecule has 1 aliphatic carbocycles. The number of rotatable bonds is 3. The molecule has 0 heterocycles. The molecule has 1 fully saturated rings. The maximum atomic E-state index is 12.1. The lowest BCUT2D eigenvalue weighted by atomic mass is 10.0. The van der Waals surface area contributed by atoms with Crippen molar-refractivity contribution in [3.8, 4) is 5.75 Å². The predicted molar refractivity (Wildman–Crippen MR) is 72.7 cm³/mol. The van der Waals surface area contributed by atoms with Crippen LogP contribution >= 0.6 is 0 Å². The van der Waals surface area contributed by atoms with E-state index in [0.717, 1.165) is 5.39 Å². The Balaban J connectivity index is 1.96. The van der Waals surface area contributed by atoms with Crippen LogP contribution in [-0.2, 0) is 4.79 Å². The van der Waals surface area contributed by atoms with Crippen molar-refractivity contribution in [2.75, 3.05) is 0 Å². The molecule has 102 valence electrons.